The van der Waals surface area contributed by atoms with Crippen molar-refractivity contribution in [2.24, 2.45) is 0 Å². The van der Waals surface area contributed by atoms with Gasteiger partial charge >= 0.3 is 0 Å². The molecule has 0 amide bonds. The second-order valence-corrected chi connectivity index (χ2v) is 5.69. The van der Waals surface area contributed by atoms with Crippen molar-refractivity contribution in [3.05, 3.63) is 24.4 Å². The van der Waals surface area contributed by atoms with Crippen molar-refractivity contribution in [1.29, 1.82) is 0 Å². The maximum absolute atomic E-state index is 4.11. The topological polar surface area (TPSA) is 44.0 Å². The van der Waals surface area contributed by atoms with Crippen LogP contribution in [0.15, 0.2) is 24.4 Å². The van der Waals surface area contributed by atoms with Crippen LogP contribution in [0.3, 0.4) is 0 Å². The Morgan fingerprint density at radius 1 is 1.35 bits per heavy atom. The van der Waals surface area contributed by atoms with E-state index in [1.54, 1.807) is 0 Å². The molecular formula is C16H24N4. The molecule has 0 aliphatic carbocycles. The number of H-pyrrole nitrogens is 1. The number of anilines is 1. The summed E-state index contributed by atoms with van der Waals surface area (Å²) in [6.45, 7) is 5.55. The fraction of sp³-hybridized carbons (Fsp3) is 0.562. The highest BCUT2D eigenvalue weighted by atomic mass is 15.2. The smallest absolute Gasteiger partial charge is 0.0651 e. The van der Waals surface area contributed by atoms with Gasteiger partial charge in [0.05, 0.1) is 11.7 Å². The first-order valence-electron chi connectivity index (χ1n) is 7.79. The summed E-state index contributed by atoms with van der Waals surface area (Å²) in [5, 5.41) is 11.9. The van der Waals surface area contributed by atoms with E-state index < -0.39 is 0 Å². The normalized spacial score (nSPS) is 19.6. The van der Waals surface area contributed by atoms with Crippen LogP contribution >= 0.6 is 0 Å². The molecule has 1 saturated heterocycles. The van der Waals surface area contributed by atoms with Gasteiger partial charge in [-0.1, -0.05) is 26.2 Å². The quantitative estimate of drug-likeness (QED) is 0.823. The maximum Gasteiger partial charge on any atom is 0.0651 e. The van der Waals surface area contributed by atoms with Gasteiger partial charge in [0, 0.05) is 36.7 Å². The van der Waals surface area contributed by atoms with Crippen molar-refractivity contribution in [1.82, 2.24) is 15.5 Å². The fourth-order valence-corrected chi connectivity index (χ4v) is 3.10. The summed E-state index contributed by atoms with van der Waals surface area (Å²) in [5.41, 5.74) is 2.45. The van der Waals surface area contributed by atoms with Crippen LogP contribution in [0.4, 0.5) is 5.69 Å². The number of aromatic amines is 1. The molecule has 1 atom stereocenters. The number of nitrogens with one attached hydrogen (secondary N) is 2. The summed E-state index contributed by atoms with van der Waals surface area (Å²) in [7, 11) is 0. The molecule has 4 heteroatoms. The highest BCUT2D eigenvalue weighted by molar-refractivity contribution is 5.82. The molecule has 1 aromatic heterocycles. The fourth-order valence-electron chi connectivity index (χ4n) is 3.10. The van der Waals surface area contributed by atoms with Crippen molar-refractivity contribution >= 4 is 16.6 Å². The standard InChI is InChI=1S/C16H24N4/c1-2-3-4-5-15-12-17-8-9-20(15)14-6-7-16-13(10-14)11-18-19-16/h6-7,10-11,15,17H,2-5,8-9,12H2,1H3,(H,18,19). The zero-order valence-electron chi connectivity index (χ0n) is 12.2. The first-order valence-corrected chi connectivity index (χ1v) is 7.79. The summed E-state index contributed by atoms with van der Waals surface area (Å²) < 4.78 is 0. The minimum Gasteiger partial charge on any atom is -0.366 e. The molecule has 3 rings (SSSR count). The number of aromatic nitrogens is 2. The lowest BCUT2D eigenvalue weighted by Gasteiger charge is -2.38. The van der Waals surface area contributed by atoms with Crippen molar-refractivity contribution in [2.45, 2.75) is 38.6 Å². The maximum atomic E-state index is 4.11. The minimum atomic E-state index is 0.625. The minimum absolute atomic E-state index is 0.625. The van der Waals surface area contributed by atoms with E-state index in [4.69, 9.17) is 0 Å². The zero-order valence-corrected chi connectivity index (χ0v) is 12.2. The lowest BCUT2D eigenvalue weighted by molar-refractivity contribution is 0.439. The second-order valence-electron chi connectivity index (χ2n) is 5.69. The largest absolute Gasteiger partial charge is 0.366 e. The van der Waals surface area contributed by atoms with Crippen LogP contribution in [-0.4, -0.2) is 35.9 Å². The highest BCUT2D eigenvalue weighted by Gasteiger charge is 2.22. The second kappa shape index (κ2) is 6.27. The Kier molecular flexibility index (Phi) is 4.21. The van der Waals surface area contributed by atoms with Crippen LogP contribution in [-0.2, 0) is 0 Å². The molecular weight excluding hydrogens is 248 g/mol. The van der Waals surface area contributed by atoms with Gasteiger partial charge in [-0.3, -0.25) is 5.10 Å². The Bertz CT molecular complexity index is 548. The SMILES string of the molecule is CCCCCC1CNCCN1c1ccc2[nH]ncc2c1. The number of piperazine rings is 1. The molecule has 1 aliphatic rings. The molecule has 0 radical (unpaired) electrons. The summed E-state index contributed by atoms with van der Waals surface area (Å²) in [5.74, 6) is 0. The molecule has 1 aliphatic heterocycles. The Hall–Kier alpha value is -1.55. The third-order valence-corrected chi connectivity index (χ3v) is 4.25. The number of nitrogens with zero attached hydrogens (tertiary/aromatic N) is 2. The van der Waals surface area contributed by atoms with Crippen LogP contribution in [0.5, 0.6) is 0 Å². The summed E-state index contributed by atoms with van der Waals surface area (Å²) >= 11 is 0. The predicted molar refractivity (Wildman–Crippen MR) is 84.2 cm³/mol. The molecule has 1 fully saturated rings. The molecule has 1 aromatic carbocycles. The lowest BCUT2D eigenvalue weighted by Crippen LogP contribution is -2.51. The number of benzene rings is 1. The molecule has 2 aromatic rings. The molecule has 1 unspecified atom stereocenters. The number of unbranched alkanes of at least 4 members (excludes halogenated alkanes) is 2. The predicted octanol–water partition coefficient (Wildman–Crippen LogP) is 2.92. The molecule has 0 spiro atoms. The Morgan fingerprint density at radius 2 is 2.30 bits per heavy atom. The molecule has 2 N–H and O–H groups in total. The summed E-state index contributed by atoms with van der Waals surface area (Å²) in [6.07, 6.45) is 7.15. The monoisotopic (exact) mass is 272 g/mol. The number of rotatable bonds is 5. The molecule has 108 valence electrons. The van der Waals surface area contributed by atoms with Crippen molar-refractivity contribution in [3.8, 4) is 0 Å². The molecule has 0 saturated carbocycles. The van der Waals surface area contributed by atoms with E-state index in [9.17, 15) is 0 Å². The number of hydrogen-bond donors (Lipinski definition) is 2. The van der Waals surface area contributed by atoms with E-state index in [1.165, 1.54) is 36.8 Å². The third kappa shape index (κ3) is 2.80. The van der Waals surface area contributed by atoms with Gasteiger partial charge in [0.25, 0.3) is 0 Å². The Balaban J connectivity index is 1.77. The van der Waals surface area contributed by atoms with E-state index in [0.717, 1.165) is 25.2 Å². The van der Waals surface area contributed by atoms with Gasteiger partial charge in [-0.2, -0.15) is 5.10 Å². The van der Waals surface area contributed by atoms with E-state index >= 15 is 0 Å². The first kappa shape index (κ1) is 13.4. The van der Waals surface area contributed by atoms with Crippen LogP contribution in [0.25, 0.3) is 10.9 Å². The van der Waals surface area contributed by atoms with Gasteiger partial charge in [0.1, 0.15) is 0 Å². The Labute approximate surface area is 120 Å². The molecule has 2 heterocycles. The van der Waals surface area contributed by atoms with Gasteiger partial charge in [-0.05, 0) is 24.6 Å². The van der Waals surface area contributed by atoms with E-state index in [1.807, 2.05) is 6.20 Å². The first-order chi connectivity index (χ1) is 9.88. The molecule has 0 bridgehead atoms. The van der Waals surface area contributed by atoms with Crippen molar-refractivity contribution in [2.75, 3.05) is 24.5 Å². The van der Waals surface area contributed by atoms with Gasteiger partial charge in [-0.15, -0.1) is 0 Å². The summed E-state index contributed by atoms with van der Waals surface area (Å²) in [4.78, 5) is 2.57. The van der Waals surface area contributed by atoms with Crippen LogP contribution in [0.1, 0.15) is 32.6 Å². The number of hydrogen-bond acceptors (Lipinski definition) is 3. The van der Waals surface area contributed by atoms with E-state index in [2.05, 4.69) is 45.5 Å². The van der Waals surface area contributed by atoms with Gasteiger partial charge < -0.3 is 10.2 Å². The van der Waals surface area contributed by atoms with Crippen molar-refractivity contribution < 1.29 is 0 Å². The summed E-state index contributed by atoms with van der Waals surface area (Å²) in [6, 6.07) is 7.25. The average molecular weight is 272 g/mol. The lowest BCUT2D eigenvalue weighted by atomic mass is 10.0. The van der Waals surface area contributed by atoms with E-state index in [-0.39, 0.29) is 0 Å². The van der Waals surface area contributed by atoms with Crippen molar-refractivity contribution in [3.63, 3.8) is 0 Å². The van der Waals surface area contributed by atoms with Crippen LogP contribution in [0, 0.1) is 0 Å². The van der Waals surface area contributed by atoms with Crippen LogP contribution in [0.2, 0.25) is 0 Å². The van der Waals surface area contributed by atoms with Gasteiger partial charge in [-0.25, -0.2) is 0 Å². The number of fused-ring (bicyclic) bond motifs is 1. The van der Waals surface area contributed by atoms with Gasteiger partial charge in [0.2, 0.25) is 0 Å². The van der Waals surface area contributed by atoms with E-state index in [0.29, 0.717) is 6.04 Å². The average Bonchev–Trinajstić information content (AvgIpc) is 2.95. The molecule has 20 heavy (non-hydrogen) atoms. The molecule has 4 nitrogen and oxygen atoms in total. The third-order valence-electron chi connectivity index (χ3n) is 4.25. The van der Waals surface area contributed by atoms with Crippen LogP contribution < -0.4 is 10.2 Å². The highest BCUT2D eigenvalue weighted by Crippen LogP contribution is 2.25. The zero-order chi connectivity index (χ0) is 13.8. The van der Waals surface area contributed by atoms with Gasteiger partial charge in [0.15, 0.2) is 0 Å². The Morgan fingerprint density at radius 3 is 3.20 bits per heavy atom.